The SMILES string of the molecule is CC(C)NC(=O)CN(C)C(C)C(=O)NCC(F)(F)F. The first-order valence-electron chi connectivity index (χ1n) is 5.87. The van der Waals surface area contributed by atoms with E-state index in [1.54, 1.807) is 19.2 Å². The standard InChI is InChI=1S/C11H20F3N3O2/c1-7(2)16-9(18)5-17(4)8(3)10(19)15-6-11(12,13)14/h7-8H,5-6H2,1-4H3,(H,15,19)(H,16,18). The molecule has 0 aromatic rings. The molecule has 5 nitrogen and oxygen atoms in total. The van der Waals surface area contributed by atoms with Crippen molar-refractivity contribution in [2.75, 3.05) is 20.1 Å². The quantitative estimate of drug-likeness (QED) is 0.746. The molecule has 2 N–H and O–H groups in total. The van der Waals surface area contributed by atoms with Gasteiger partial charge in [0.1, 0.15) is 6.54 Å². The van der Waals surface area contributed by atoms with Gasteiger partial charge in [-0.15, -0.1) is 0 Å². The monoisotopic (exact) mass is 283 g/mol. The molecule has 0 saturated heterocycles. The van der Waals surface area contributed by atoms with Gasteiger partial charge in [-0.25, -0.2) is 0 Å². The lowest BCUT2D eigenvalue weighted by Crippen LogP contribution is -2.49. The molecule has 0 aliphatic carbocycles. The van der Waals surface area contributed by atoms with Gasteiger partial charge in [0, 0.05) is 6.04 Å². The number of hydrogen-bond donors (Lipinski definition) is 2. The van der Waals surface area contributed by atoms with Crippen LogP contribution in [0.2, 0.25) is 0 Å². The summed E-state index contributed by atoms with van der Waals surface area (Å²) in [5.41, 5.74) is 0. The van der Waals surface area contributed by atoms with Gasteiger partial charge in [0.25, 0.3) is 0 Å². The van der Waals surface area contributed by atoms with Crippen LogP contribution in [0.1, 0.15) is 20.8 Å². The topological polar surface area (TPSA) is 61.4 Å². The molecule has 0 heterocycles. The summed E-state index contributed by atoms with van der Waals surface area (Å²) in [6.45, 7) is 3.59. The van der Waals surface area contributed by atoms with Crippen molar-refractivity contribution in [3.63, 3.8) is 0 Å². The van der Waals surface area contributed by atoms with Crippen LogP contribution in [-0.4, -0.2) is 55.1 Å². The van der Waals surface area contributed by atoms with Crippen molar-refractivity contribution < 1.29 is 22.8 Å². The highest BCUT2D eigenvalue weighted by atomic mass is 19.4. The predicted octanol–water partition coefficient (Wildman–Crippen LogP) is 0.510. The number of nitrogens with zero attached hydrogens (tertiary/aromatic N) is 1. The van der Waals surface area contributed by atoms with E-state index < -0.39 is 24.7 Å². The summed E-state index contributed by atoms with van der Waals surface area (Å²) >= 11 is 0. The summed E-state index contributed by atoms with van der Waals surface area (Å²) < 4.78 is 35.8. The Balaban J connectivity index is 4.21. The number of amides is 2. The molecule has 0 aliphatic heterocycles. The van der Waals surface area contributed by atoms with Gasteiger partial charge in [-0.05, 0) is 27.8 Å². The molecule has 0 aliphatic rings. The van der Waals surface area contributed by atoms with E-state index in [0.717, 1.165) is 0 Å². The lowest BCUT2D eigenvalue weighted by molar-refractivity contribution is -0.141. The summed E-state index contributed by atoms with van der Waals surface area (Å²) in [5, 5.41) is 4.41. The van der Waals surface area contributed by atoms with Gasteiger partial charge in [-0.3, -0.25) is 14.5 Å². The van der Waals surface area contributed by atoms with Crippen LogP contribution in [0.5, 0.6) is 0 Å². The third kappa shape index (κ3) is 8.41. The van der Waals surface area contributed by atoms with E-state index in [4.69, 9.17) is 0 Å². The maximum absolute atomic E-state index is 11.9. The molecular formula is C11H20F3N3O2. The molecule has 8 heteroatoms. The largest absolute Gasteiger partial charge is 0.405 e. The van der Waals surface area contributed by atoms with Gasteiger partial charge in [0.05, 0.1) is 12.6 Å². The van der Waals surface area contributed by atoms with Crippen LogP contribution >= 0.6 is 0 Å². The van der Waals surface area contributed by atoms with Gasteiger partial charge < -0.3 is 10.6 Å². The number of nitrogens with one attached hydrogen (secondary N) is 2. The second kappa shape index (κ2) is 7.32. The van der Waals surface area contributed by atoms with E-state index in [-0.39, 0.29) is 18.5 Å². The summed E-state index contributed by atoms with van der Waals surface area (Å²) in [4.78, 5) is 24.3. The van der Waals surface area contributed by atoms with E-state index in [1.807, 2.05) is 0 Å². The van der Waals surface area contributed by atoms with Gasteiger partial charge in [-0.1, -0.05) is 0 Å². The molecule has 0 rings (SSSR count). The fraction of sp³-hybridized carbons (Fsp3) is 0.818. The van der Waals surface area contributed by atoms with E-state index >= 15 is 0 Å². The zero-order valence-electron chi connectivity index (χ0n) is 11.5. The molecular weight excluding hydrogens is 263 g/mol. The number of rotatable bonds is 6. The Morgan fingerprint density at radius 2 is 1.74 bits per heavy atom. The zero-order chi connectivity index (χ0) is 15.2. The Bertz CT molecular complexity index is 319. The van der Waals surface area contributed by atoms with E-state index in [0.29, 0.717) is 0 Å². The molecule has 0 spiro atoms. The van der Waals surface area contributed by atoms with Gasteiger partial charge in [0.2, 0.25) is 11.8 Å². The van der Waals surface area contributed by atoms with Crippen LogP contribution in [0.4, 0.5) is 13.2 Å². The van der Waals surface area contributed by atoms with Gasteiger partial charge in [0.15, 0.2) is 0 Å². The van der Waals surface area contributed by atoms with E-state index in [1.165, 1.54) is 18.9 Å². The van der Waals surface area contributed by atoms with Crippen LogP contribution in [0.3, 0.4) is 0 Å². The van der Waals surface area contributed by atoms with Gasteiger partial charge >= 0.3 is 6.18 Å². The molecule has 0 aromatic carbocycles. The lowest BCUT2D eigenvalue weighted by Gasteiger charge is -2.24. The normalized spacial score (nSPS) is 13.5. The average Bonchev–Trinajstić information content (AvgIpc) is 2.22. The van der Waals surface area contributed by atoms with Crippen molar-refractivity contribution >= 4 is 11.8 Å². The summed E-state index contributed by atoms with van der Waals surface area (Å²) in [5.74, 6) is -1.05. The van der Waals surface area contributed by atoms with Crippen LogP contribution in [-0.2, 0) is 9.59 Å². The zero-order valence-corrected chi connectivity index (χ0v) is 11.5. The Hall–Kier alpha value is -1.31. The van der Waals surface area contributed by atoms with Crippen LogP contribution in [0.15, 0.2) is 0 Å². The molecule has 0 bridgehead atoms. The van der Waals surface area contributed by atoms with Crippen molar-refractivity contribution in [3.8, 4) is 0 Å². The second-order valence-corrected chi connectivity index (χ2v) is 4.65. The minimum absolute atomic E-state index is 0.0322. The molecule has 1 atom stereocenters. The lowest BCUT2D eigenvalue weighted by atomic mass is 10.2. The molecule has 0 radical (unpaired) electrons. The molecule has 0 fully saturated rings. The van der Waals surface area contributed by atoms with Crippen molar-refractivity contribution in [1.29, 1.82) is 0 Å². The molecule has 1 unspecified atom stereocenters. The third-order valence-electron chi connectivity index (χ3n) is 2.35. The second-order valence-electron chi connectivity index (χ2n) is 4.65. The summed E-state index contributed by atoms with van der Waals surface area (Å²) in [7, 11) is 1.50. The highest BCUT2D eigenvalue weighted by Gasteiger charge is 2.29. The van der Waals surface area contributed by atoms with Crippen LogP contribution in [0.25, 0.3) is 0 Å². The minimum atomic E-state index is -4.44. The number of carbonyl (C=O) groups is 2. The molecule has 112 valence electrons. The first-order valence-corrected chi connectivity index (χ1v) is 5.87. The highest BCUT2D eigenvalue weighted by molar-refractivity contribution is 5.83. The number of hydrogen-bond acceptors (Lipinski definition) is 3. The Kier molecular flexibility index (Phi) is 6.82. The third-order valence-corrected chi connectivity index (χ3v) is 2.35. The highest BCUT2D eigenvalue weighted by Crippen LogP contribution is 2.12. The first kappa shape index (κ1) is 17.7. The smallest absolute Gasteiger partial charge is 0.353 e. The van der Waals surface area contributed by atoms with Crippen molar-refractivity contribution in [2.45, 2.75) is 39.0 Å². The van der Waals surface area contributed by atoms with E-state index in [9.17, 15) is 22.8 Å². The molecule has 0 aromatic heterocycles. The molecule has 0 saturated carbocycles. The van der Waals surface area contributed by atoms with Crippen LogP contribution < -0.4 is 10.6 Å². The fourth-order valence-electron chi connectivity index (χ4n) is 1.27. The number of halogens is 3. The summed E-state index contributed by atoms with van der Waals surface area (Å²) in [6.07, 6.45) is -4.44. The molecule has 2 amide bonds. The number of carbonyl (C=O) groups excluding carboxylic acids is 2. The van der Waals surface area contributed by atoms with Crippen molar-refractivity contribution in [1.82, 2.24) is 15.5 Å². The number of alkyl halides is 3. The van der Waals surface area contributed by atoms with Gasteiger partial charge in [-0.2, -0.15) is 13.2 Å². The Labute approximate surface area is 110 Å². The maximum atomic E-state index is 11.9. The van der Waals surface area contributed by atoms with Crippen molar-refractivity contribution in [3.05, 3.63) is 0 Å². The van der Waals surface area contributed by atoms with E-state index in [2.05, 4.69) is 5.32 Å². The average molecular weight is 283 g/mol. The van der Waals surface area contributed by atoms with Crippen LogP contribution in [0, 0.1) is 0 Å². The Morgan fingerprint density at radius 3 is 2.16 bits per heavy atom. The minimum Gasteiger partial charge on any atom is -0.353 e. The molecule has 19 heavy (non-hydrogen) atoms. The Morgan fingerprint density at radius 1 is 1.21 bits per heavy atom. The summed E-state index contributed by atoms with van der Waals surface area (Å²) in [6, 6.07) is -0.851. The fourth-order valence-corrected chi connectivity index (χ4v) is 1.27. The predicted molar refractivity (Wildman–Crippen MR) is 64.4 cm³/mol. The maximum Gasteiger partial charge on any atom is 0.405 e. The number of likely N-dealkylation sites (N-methyl/N-ethyl adjacent to an activating group) is 1. The van der Waals surface area contributed by atoms with Crippen molar-refractivity contribution in [2.24, 2.45) is 0 Å². The first-order chi connectivity index (χ1) is 8.53.